The molecule has 8 saturated carbocycles. The van der Waals surface area contributed by atoms with Gasteiger partial charge in [-0.15, -0.1) is 0 Å². The summed E-state index contributed by atoms with van der Waals surface area (Å²) in [7, 11) is 0. The summed E-state index contributed by atoms with van der Waals surface area (Å²) >= 11 is 0. The third kappa shape index (κ3) is 32.6. The van der Waals surface area contributed by atoms with Crippen molar-refractivity contribution >= 4 is 0 Å². The molecule has 0 bridgehead atoms. The van der Waals surface area contributed by atoms with Crippen molar-refractivity contribution in [1.82, 2.24) is 0 Å². The van der Waals surface area contributed by atoms with Crippen LogP contribution >= 0.6 is 0 Å². The molecule has 0 aromatic rings. The van der Waals surface area contributed by atoms with Gasteiger partial charge in [-0.3, -0.25) is 0 Å². The van der Waals surface area contributed by atoms with Gasteiger partial charge in [-0.25, -0.2) is 0 Å². The molecule has 0 amide bonds. The molecule has 0 unspecified atom stereocenters. The molecule has 0 aliphatic heterocycles. The summed E-state index contributed by atoms with van der Waals surface area (Å²) < 4.78 is 35.5. The largest absolute Gasteiger partial charge is 0.0651 e. The van der Waals surface area contributed by atoms with Gasteiger partial charge < -0.3 is 0 Å². The molecule has 0 atom stereocenters. The maximum atomic E-state index is 7.25. The minimum atomic E-state index is -1.06. The van der Waals surface area contributed by atoms with E-state index < -0.39 is 12.7 Å². The molecule has 4 spiro atoms. The second-order valence-electron chi connectivity index (χ2n) is 34.0. The predicted octanol–water partition coefficient (Wildman–Crippen LogP) is 26.3. The van der Waals surface area contributed by atoms with Gasteiger partial charge in [0.1, 0.15) is 0 Å². The Morgan fingerprint density at radius 3 is 0.836 bits per heavy atom. The third-order valence-corrected chi connectivity index (χ3v) is 19.6. The van der Waals surface area contributed by atoms with Crippen molar-refractivity contribution in [3.05, 3.63) is 0 Å². The maximum absolute atomic E-state index is 7.25. The van der Waals surface area contributed by atoms with Crippen molar-refractivity contribution in [3.63, 3.8) is 0 Å². The van der Waals surface area contributed by atoms with Crippen molar-refractivity contribution in [3.8, 4) is 0 Å². The zero-order chi connectivity index (χ0) is 60.5. The molecule has 0 nitrogen and oxygen atoms in total. The van der Waals surface area contributed by atoms with E-state index in [0.717, 1.165) is 39.9 Å². The van der Waals surface area contributed by atoms with Crippen molar-refractivity contribution in [2.24, 2.45) is 84.2 Å². The second-order valence-corrected chi connectivity index (χ2v) is 34.0. The van der Waals surface area contributed by atoms with Crippen LogP contribution in [-0.2, 0) is 0 Å². The summed E-state index contributed by atoms with van der Waals surface area (Å²) in [6.45, 7) is 51.5. The lowest BCUT2D eigenvalue weighted by Crippen LogP contribution is -2.43. The molecular formula is C73H146. The minimum Gasteiger partial charge on any atom is -0.0651 e. The minimum absolute atomic E-state index is 0.132. The standard InChI is InChI=1S/C16H30.C14H26.C12H22.C11H20.C6H14.2C5H12.C4H10/c1-13-6-8-16(9-7-13)11-14(2,3)10-15(4,5)12-16;1-12-4-6-14(7-5-12)10-8-13(2,3)9-11-14;1-11-5-9-12(10-6-11)7-3-2-4-8-12;1-10-4-8-11(9-5-10)6-2-3-7-11;1-5-6(2,3)4;1-5(2,3)4;1-4-5(2)3;1-4(2)3/h13H,6-12H2,1-5H3;12H,4-11H2,1-3H3;11H,2-10H2,1H3;10H,2-9H2,1H3;5H2,1-4H3;1-4H3;5H,4H2,1-3H3;4H,1-3H3/i;;;;5D2;;4D2;4D. The summed E-state index contributed by atoms with van der Waals surface area (Å²) in [5, 5.41) is 0. The molecule has 0 N–H and O–H groups in total. The molecule has 0 aromatic carbocycles. The van der Waals surface area contributed by atoms with E-state index in [9.17, 15) is 0 Å². The Kier molecular flexibility index (Phi) is 27.5. The average molecular weight is 1030 g/mol. The van der Waals surface area contributed by atoms with Crippen LogP contribution in [0.2, 0.25) is 0 Å². The quantitative estimate of drug-likeness (QED) is 0.246. The van der Waals surface area contributed by atoms with Gasteiger partial charge in [0, 0.05) is 6.85 Å². The topological polar surface area (TPSA) is 0 Å². The Labute approximate surface area is 473 Å². The van der Waals surface area contributed by atoms with E-state index in [0.29, 0.717) is 27.1 Å². The van der Waals surface area contributed by atoms with Crippen LogP contribution in [0.5, 0.6) is 0 Å². The normalized spacial score (nSPS) is 27.6. The van der Waals surface area contributed by atoms with E-state index in [1.807, 2.05) is 55.4 Å². The van der Waals surface area contributed by atoms with E-state index in [4.69, 9.17) is 6.85 Å². The SMILES string of the molecule is CC(C)(C)C.CC1CCC2(CC1)CC(C)(C)CC(C)(C)C2.CC1CCC2(CC1)CCC(C)(C)CC2.CC1CCC2(CCCC2)CC1.CC1CCC2(CCCCC2)CC1.[2H]C(C)(C)C.[2H]C([2H])(C)C(C)(C)C.[2H]C([2H])(C)C(C)C. The molecule has 8 aliphatic rings. The zero-order valence-electron chi connectivity index (χ0n) is 60.5. The van der Waals surface area contributed by atoms with E-state index in [1.54, 1.807) is 65.2 Å². The lowest BCUT2D eigenvalue weighted by atomic mass is 9.51. The first-order valence-corrected chi connectivity index (χ1v) is 32.5. The molecule has 0 aromatic heterocycles. The van der Waals surface area contributed by atoms with Crippen molar-refractivity contribution < 1.29 is 6.85 Å². The first-order chi connectivity index (χ1) is 35.0. The number of hydrogen-bond donors (Lipinski definition) is 0. The Bertz CT molecular complexity index is 1480. The van der Waals surface area contributed by atoms with Crippen molar-refractivity contribution in [1.29, 1.82) is 0 Å². The molecule has 8 fully saturated rings. The maximum Gasteiger partial charge on any atom is 0.0294 e. The molecule has 0 heterocycles. The Balaban J connectivity index is 0.000000460. The number of hydrogen-bond acceptors (Lipinski definition) is 0. The molecule has 438 valence electrons. The number of rotatable bonds is 1. The summed E-state index contributed by atoms with van der Waals surface area (Å²) in [4.78, 5) is 0. The van der Waals surface area contributed by atoms with E-state index >= 15 is 0 Å². The summed E-state index contributed by atoms with van der Waals surface area (Å²) in [5.41, 5.74) is 5.25. The smallest absolute Gasteiger partial charge is 0.0294 e. The highest BCUT2D eigenvalue weighted by Crippen LogP contribution is 2.60. The first-order valence-electron chi connectivity index (χ1n) is 35.0. The molecule has 8 rings (SSSR count). The highest BCUT2D eigenvalue weighted by atomic mass is 14.5. The van der Waals surface area contributed by atoms with E-state index in [1.165, 1.54) is 154 Å². The first kappa shape index (κ1) is 62.2. The fourth-order valence-electron chi connectivity index (χ4n) is 14.7. The van der Waals surface area contributed by atoms with Gasteiger partial charge in [-0.05, 0) is 206 Å². The van der Waals surface area contributed by atoms with Gasteiger partial charge in [-0.1, -0.05) is 262 Å². The van der Waals surface area contributed by atoms with Gasteiger partial charge in [-0.2, -0.15) is 0 Å². The lowest BCUT2D eigenvalue weighted by molar-refractivity contribution is -0.0321. The highest BCUT2D eigenvalue weighted by molar-refractivity contribution is 4.99. The fourth-order valence-corrected chi connectivity index (χ4v) is 14.7. The van der Waals surface area contributed by atoms with Gasteiger partial charge in [0.25, 0.3) is 0 Å². The van der Waals surface area contributed by atoms with Gasteiger partial charge in [0.15, 0.2) is 0 Å². The second kappa shape index (κ2) is 32.3. The Hall–Kier alpha value is 0. The lowest BCUT2D eigenvalue weighted by Gasteiger charge is -2.54. The molecule has 0 saturated heterocycles. The van der Waals surface area contributed by atoms with Gasteiger partial charge in [0.2, 0.25) is 0 Å². The van der Waals surface area contributed by atoms with Crippen LogP contribution in [0, 0.1) is 84.2 Å². The summed E-state index contributed by atoms with van der Waals surface area (Å²) in [5.74, 6) is 3.93. The monoisotopic (exact) mass is 1030 g/mol. The van der Waals surface area contributed by atoms with Crippen LogP contribution in [0.4, 0.5) is 0 Å². The predicted molar refractivity (Wildman–Crippen MR) is 336 cm³/mol. The van der Waals surface area contributed by atoms with Crippen LogP contribution in [0.25, 0.3) is 0 Å². The Morgan fingerprint density at radius 2 is 0.603 bits per heavy atom. The third-order valence-electron chi connectivity index (χ3n) is 19.6. The molecule has 0 radical (unpaired) electrons. The fraction of sp³-hybridized carbons (Fsp3) is 1.00. The van der Waals surface area contributed by atoms with Crippen LogP contribution in [-0.4, -0.2) is 0 Å². The van der Waals surface area contributed by atoms with Crippen LogP contribution in [0.3, 0.4) is 0 Å². The molecule has 0 heteroatoms. The Morgan fingerprint density at radius 1 is 0.384 bits per heavy atom. The summed E-state index contributed by atoms with van der Waals surface area (Å²) in [6.07, 6.45) is 46.4. The van der Waals surface area contributed by atoms with Crippen molar-refractivity contribution in [2.45, 2.75) is 384 Å². The van der Waals surface area contributed by atoms with Crippen molar-refractivity contribution in [2.75, 3.05) is 0 Å². The van der Waals surface area contributed by atoms with Gasteiger partial charge in [0.05, 0.1) is 0 Å². The van der Waals surface area contributed by atoms with Crippen LogP contribution < -0.4 is 0 Å². The van der Waals surface area contributed by atoms with Crippen LogP contribution in [0.1, 0.15) is 391 Å². The molecular weight excluding hydrogens is 877 g/mol. The van der Waals surface area contributed by atoms with Gasteiger partial charge >= 0.3 is 0 Å². The summed E-state index contributed by atoms with van der Waals surface area (Å²) in [6, 6.07) is 0. The highest BCUT2D eigenvalue weighted by Gasteiger charge is 2.48. The van der Waals surface area contributed by atoms with E-state index in [-0.39, 0.29) is 17.2 Å². The zero-order valence-corrected chi connectivity index (χ0v) is 55.5. The van der Waals surface area contributed by atoms with E-state index in [2.05, 4.69) is 96.9 Å². The molecule has 73 heavy (non-hydrogen) atoms. The van der Waals surface area contributed by atoms with Crippen LogP contribution in [0.15, 0.2) is 0 Å². The average Bonchev–Trinajstić information content (AvgIpc) is 3.73. The molecule has 8 aliphatic carbocycles.